The van der Waals surface area contributed by atoms with Crippen LogP contribution in [-0.2, 0) is 9.53 Å². The largest absolute Gasteiger partial charge is 0.381 e. The Hall–Kier alpha value is -0.570. The minimum atomic E-state index is 0.251. The molecule has 3 nitrogen and oxygen atoms in total. The number of ether oxygens (including phenoxy) is 1. The van der Waals surface area contributed by atoms with Crippen molar-refractivity contribution in [1.29, 1.82) is 0 Å². The summed E-state index contributed by atoms with van der Waals surface area (Å²) in [5.74, 6) is 1.86. The van der Waals surface area contributed by atoms with Crippen LogP contribution in [0.25, 0.3) is 0 Å². The van der Waals surface area contributed by atoms with Gasteiger partial charge in [0.05, 0.1) is 6.61 Å². The molecule has 0 N–H and O–H groups in total. The summed E-state index contributed by atoms with van der Waals surface area (Å²) in [6.07, 6.45) is 4.86. The Labute approximate surface area is 105 Å². The molecule has 2 unspecified atom stereocenters. The van der Waals surface area contributed by atoms with Crippen LogP contribution in [0.4, 0.5) is 0 Å². The summed E-state index contributed by atoms with van der Waals surface area (Å²) in [5, 5.41) is 0. The monoisotopic (exact) mass is 239 g/mol. The Morgan fingerprint density at radius 3 is 2.82 bits per heavy atom. The first kappa shape index (κ1) is 12.9. The molecule has 2 atom stereocenters. The molecule has 1 saturated heterocycles. The van der Waals surface area contributed by atoms with Crippen LogP contribution in [0.3, 0.4) is 0 Å². The summed E-state index contributed by atoms with van der Waals surface area (Å²) in [7, 11) is 0. The van der Waals surface area contributed by atoms with Crippen LogP contribution in [0.2, 0.25) is 0 Å². The maximum Gasteiger partial charge on any atom is 0.225 e. The molecular formula is C14H25NO2. The third kappa shape index (κ3) is 3.44. The first-order valence-electron chi connectivity index (χ1n) is 7.09. The van der Waals surface area contributed by atoms with Crippen LogP contribution in [0, 0.1) is 17.8 Å². The number of hydrogen-bond donors (Lipinski definition) is 0. The lowest BCUT2D eigenvalue weighted by Gasteiger charge is -2.34. The molecule has 3 heteroatoms. The topological polar surface area (TPSA) is 29.5 Å². The van der Waals surface area contributed by atoms with Crippen LogP contribution in [0.15, 0.2) is 0 Å². The number of rotatable bonds is 5. The van der Waals surface area contributed by atoms with E-state index in [1.54, 1.807) is 0 Å². The van der Waals surface area contributed by atoms with Crippen molar-refractivity contribution in [3.8, 4) is 0 Å². The second kappa shape index (κ2) is 5.85. The number of amides is 1. The SMILES string of the molecule is CCOCC1CCCN(C(=O)C(C)C2CC2)C1. The number of hydrogen-bond acceptors (Lipinski definition) is 2. The average Bonchev–Trinajstić information content (AvgIpc) is 3.19. The zero-order chi connectivity index (χ0) is 12.3. The fourth-order valence-electron chi connectivity index (χ4n) is 2.77. The van der Waals surface area contributed by atoms with Gasteiger partial charge in [-0.1, -0.05) is 6.92 Å². The molecule has 0 bridgehead atoms. The van der Waals surface area contributed by atoms with Gasteiger partial charge in [0, 0.05) is 25.6 Å². The van der Waals surface area contributed by atoms with Gasteiger partial charge < -0.3 is 9.64 Å². The summed E-state index contributed by atoms with van der Waals surface area (Å²) < 4.78 is 5.48. The highest BCUT2D eigenvalue weighted by molar-refractivity contribution is 5.79. The van der Waals surface area contributed by atoms with Gasteiger partial charge in [-0.2, -0.15) is 0 Å². The molecule has 98 valence electrons. The van der Waals surface area contributed by atoms with E-state index in [4.69, 9.17) is 4.74 Å². The smallest absolute Gasteiger partial charge is 0.225 e. The van der Waals surface area contributed by atoms with Crippen molar-refractivity contribution in [2.24, 2.45) is 17.8 Å². The number of likely N-dealkylation sites (tertiary alicyclic amines) is 1. The maximum atomic E-state index is 12.3. The quantitative estimate of drug-likeness (QED) is 0.737. The maximum absolute atomic E-state index is 12.3. The number of piperidine rings is 1. The van der Waals surface area contributed by atoms with Gasteiger partial charge in [-0.15, -0.1) is 0 Å². The first-order chi connectivity index (χ1) is 8.22. The second-order valence-electron chi connectivity index (χ2n) is 5.58. The highest BCUT2D eigenvalue weighted by atomic mass is 16.5. The predicted molar refractivity (Wildman–Crippen MR) is 67.7 cm³/mol. The van der Waals surface area contributed by atoms with Gasteiger partial charge in [-0.05, 0) is 44.4 Å². The van der Waals surface area contributed by atoms with Gasteiger partial charge in [0.1, 0.15) is 0 Å². The lowest BCUT2D eigenvalue weighted by Crippen LogP contribution is -2.43. The van der Waals surface area contributed by atoms with E-state index in [1.165, 1.54) is 19.3 Å². The predicted octanol–water partition coefficient (Wildman–Crippen LogP) is 2.31. The minimum Gasteiger partial charge on any atom is -0.381 e. The Morgan fingerprint density at radius 2 is 2.18 bits per heavy atom. The Morgan fingerprint density at radius 1 is 1.41 bits per heavy atom. The zero-order valence-corrected chi connectivity index (χ0v) is 11.2. The molecule has 17 heavy (non-hydrogen) atoms. The van der Waals surface area contributed by atoms with Crippen LogP contribution in [0.1, 0.15) is 39.5 Å². The van der Waals surface area contributed by atoms with Crippen molar-refractivity contribution >= 4 is 5.91 Å². The number of carbonyl (C=O) groups excluding carboxylic acids is 1. The summed E-state index contributed by atoms with van der Waals surface area (Å²) in [5.41, 5.74) is 0. The standard InChI is InChI=1S/C14H25NO2/c1-3-17-10-12-5-4-8-15(9-12)14(16)11(2)13-6-7-13/h11-13H,3-10H2,1-2H3. The zero-order valence-electron chi connectivity index (χ0n) is 11.2. The summed E-state index contributed by atoms with van der Waals surface area (Å²) in [4.78, 5) is 14.4. The van der Waals surface area contributed by atoms with Crippen molar-refractivity contribution in [3.05, 3.63) is 0 Å². The van der Waals surface area contributed by atoms with Gasteiger partial charge in [0.25, 0.3) is 0 Å². The van der Waals surface area contributed by atoms with Gasteiger partial charge in [-0.25, -0.2) is 0 Å². The highest BCUT2D eigenvalue weighted by Crippen LogP contribution is 2.37. The van der Waals surface area contributed by atoms with E-state index in [2.05, 4.69) is 11.8 Å². The van der Waals surface area contributed by atoms with Crippen LogP contribution in [0.5, 0.6) is 0 Å². The molecule has 1 heterocycles. The van der Waals surface area contributed by atoms with E-state index in [-0.39, 0.29) is 5.92 Å². The summed E-state index contributed by atoms with van der Waals surface area (Å²) in [6.45, 7) is 7.60. The molecule has 0 aromatic rings. The number of nitrogens with zero attached hydrogens (tertiary/aromatic N) is 1. The van der Waals surface area contributed by atoms with E-state index in [9.17, 15) is 4.79 Å². The van der Waals surface area contributed by atoms with Crippen molar-refractivity contribution in [1.82, 2.24) is 4.90 Å². The fourth-order valence-corrected chi connectivity index (χ4v) is 2.77. The van der Waals surface area contributed by atoms with Gasteiger partial charge >= 0.3 is 0 Å². The molecule has 2 fully saturated rings. The summed E-state index contributed by atoms with van der Waals surface area (Å²) >= 11 is 0. The normalized spacial score (nSPS) is 26.9. The molecule has 1 saturated carbocycles. The van der Waals surface area contributed by atoms with Crippen LogP contribution < -0.4 is 0 Å². The van der Waals surface area contributed by atoms with Crippen molar-refractivity contribution in [2.45, 2.75) is 39.5 Å². The fraction of sp³-hybridized carbons (Fsp3) is 0.929. The highest BCUT2D eigenvalue weighted by Gasteiger charge is 2.36. The lowest BCUT2D eigenvalue weighted by molar-refractivity contribution is -0.138. The second-order valence-corrected chi connectivity index (χ2v) is 5.58. The lowest BCUT2D eigenvalue weighted by atomic mass is 9.96. The number of carbonyl (C=O) groups is 1. The van der Waals surface area contributed by atoms with E-state index in [0.29, 0.717) is 17.7 Å². The Bertz CT molecular complexity index is 263. The van der Waals surface area contributed by atoms with E-state index >= 15 is 0 Å². The van der Waals surface area contributed by atoms with Crippen molar-refractivity contribution in [2.75, 3.05) is 26.3 Å². The van der Waals surface area contributed by atoms with Crippen molar-refractivity contribution in [3.63, 3.8) is 0 Å². The minimum absolute atomic E-state index is 0.251. The molecular weight excluding hydrogens is 214 g/mol. The molecule has 0 aromatic heterocycles. The van der Waals surface area contributed by atoms with Gasteiger partial charge in [-0.3, -0.25) is 4.79 Å². The van der Waals surface area contributed by atoms with E-state index in [1.807, 2.05) is 6.92 Å². The van der Waals surface area contributed by atoms with Gasteiger partial charge in [0.15, 0.2) is 0 Å². The molecule has 0 radical (unpaired) electrons. The Kier molecular flexibility index (Phi) is 4.43. The first-order valence-corrected chi connectivity index (χ1v) is 7.09. The molecule has 0 aromatic carbocycles. The Balaban J connectivity index is 1.81. The molecule has 1 aliphatic heterocycles. The van der Waals surface area contributed by atoms with Crippen molar-refractivity contribution < 1.29 is 9.53 Å². The average molecular weight is 239 g/mol. The molecule has 1 amide bonds. The summed E-state index contributed by atoms with van der Waals surface area (Å²) in [6, 6.07) is 0. The van der Waals surface area contributed by atoms with E-state index < -0.39 is 0 Å². The van der Waals surface area contributed by atoms with Crippen LogP contribution >= 0.6 is 0 Å². The van der Waals surface area contributed by atoms with E-state index in [0.717, 1.165) is 32.7 Å². The molecule has 2 aliphatic rings. The third-order valence-electron chi connectivity index (χ3n) is 4.11. The molecule has 2 rings (SSSR count). The van der Waals surface area contributed by atoms with Gasteiger partial charge in [0.2, 0.25) is 5.91 Å². The molecule has 0 spiro atoms. The van der Waals surface area contributed by atoms with Crippen LogP contribution in [-0.4, -0.2) is 37.1 Å². The third-order valence-corrected chi connectivity index (χ3v) is 4.11. The molecule has 1 aliphatic carbocycles.